The van der Waals surface area contributed by atoms with Crippen molar-refractivity contribution in [2.24, 2.45) is 5.41 Å². The van der Waals surface area contributed by atoms with Crippen molar-refractivity contribution in [3.05, 3.63) is 36.0 Å². The maximum Gasteiger partial charge on any atom is 0.0703 e. The Morgan fingerprint density at radius 3 is 2.94 bits per heavy atom. The Balaban J connectivity index is 1.67. The molecule has 0 unspecified atom stereocenters. The Bertz CT molecular complexity index is 572. The SMILES string of the molecule is N#CC1(CNCc2c[nH]c3ccccc23)CC1. The van der Waals surface area contributed by atoms with Crippen LogP contribution >= 0.6 is 0 Å². The second-order valence-corrected chi connectivity index (χ2v) is 4.86. The number of H-pyrrole nitrogens is 1. The van der Waals surface area contributed by atoms with Gasteiger partial charge in [0.25, 0.3) is 0 Å². The monoisotopic (exact) mass is 225 g/mol. The van der Waals surface area contributed by atoms with Gasteiger partial charge in [0.1, 0.15) is 0 Å². The molecule has 0 bridgehead atoms. The average molecular weight is 225 g/mol. The Hall–Kier alpha value is -1.79. The van der Waals surface area contributed by atoms with E-state index in [9.17, 15) is 0 Å². The molecule has 2 N–H and O–H groups in total. The van der Waals surface area contributed by atoms with E-state index in [0.29, 0.717) is 0 Å². The lowest BCUT2D eigenvalue weighted by Crippen LogP contribution is -2.22. The van der Waals surface area contributed by atoms with Gasteiger partial charge >= 0.3 is 0 Å². The van der Waals surface area contributed by atoms with Gasteiger partial charge in [-0.05, 0) is 24.5 Å². The molecule has 0 amide bonds. The largest absolute Gasteiger partial charge is 0.361 e. The van der Waals surface area contributed by atoms with Gasteiger partial charge in [0.2, 0.25) is 0 Å². The minimum absolute atomic E-state index is 0.0634. The Kier molecular flexibility index (Phi) is 2.38. The quantitative estimate of drug-likeness (QED) is 0.840. The molecule has 2 aromatic rings. The summed E-state index contributed by atoms with van der Waals surface area (Å²) in [6.07, 6.45) is 4.14. The van der Waals surface area contributed by atoms with E-state index in [1.54, 1.807) is 0 Å². The Morgan fingerprint density at radius 1 is 1.35 bits per heavy atom. The summed E-state index contributed by atoms with van der Waals surface area (Å²) in [5.41, 5.74) is 2.38. The summed E-state index contributed by atoms with van der Waals surface area (Å²) in [5, 5.41) is 13.6. The van der Waals surface area contributed by atoms with Gasteiger partial charge in [-0.1, -0.05) is 18.2 Å². The van der Waals surface area contributed by atoms with Crippen molar-refractivity contribution in [1.29, 1.82) is 5.26 Å². The highest BCUT2D eigenvalue weighted by Gasteiger charge is 2.42. The molecule has 3 nitrogen and oxygen atoms in total. The van der Waals surface area contributed by atoms with Crippen LogP contribution in [0.1, 0.15) is 18.4 Å². The number of aromatic amines is 1. The van der Waals surface area contributed by atoms with Crippen molar-refractivity contribution in [2.45, 2.75) is 19.4 Å². The normalized spacial score (nSPS) is 16.9. The van der Waals surface area contributed by atoms with E-state index in [4.69, 9.17) is 5.26 Å². The van der Waals surface area contributed by atoms with Crippen molar-refractivity contribution in [3.8, 4) is 6.07 Å². The average Bonchev–Trinajstić information content (AvgIpc) is 3.04. The number of para-hydroxylation sites is 1. The Labute approximate surface area is 100 Å². The zero-order valence-corrected chi connectivity index (χ0v) is 9.66. The van der Waals surface area contributed by atoms with Gasteiger partial charge in [0.05, 0.1) is 11.5 Å². The molecule has 1 aliphatic carbocycles. The van der Waals surface area contributed by atoms with Crippen molar-refractivity contribution < 1.29 is 0 Å². The van der Waals surface area contributed by atoms with Crippen LogP contribution in [0.15, 0.2) is 30.5 Å². The fourth-order valence-electron chi connectivity index (χ4n) is 2.19. The summed E-state index contributed by atoms with van der Waals surface area (Å²) < 4.78 is 0. The third-order valence-corrected chi connectivity index (χ3v) is 3.54. The number of nitrogens with one attached hydrogen (secondary N) is 2. The molecule has 1 aliphatic rings. The molecule has 0 saturated heterocycles. The van der Waals surface area contributed by atoms with Gasteiger partial charge in [-0.15, -0.1) is 0 Å². The summed E-state index contributed by atoms with van der Waals surface area (Å²) >= 11 is 0. The van der Waals surface area contributed by atoms with Gasteiger partial charge < -0.3 is 10.3 Å². The summed E-state index contributed by atoms with van der Waals surface area (Å²) in [6, 6.07) is 10.7. The van der Waals surface area contributed by atoms with E-state index in [-0.39, 0.29) is 5.41 Å². The van der Waals surface area contributed by atoms with Gasteiger partial charge in [0.15, 0.2) is 0 Å². The maximum absolute atomic E-state index is 8.99. The minimum Gasteiger partial charge on any atom is -0.361 e. The molecule has 1 fully saturated rings. The second kappa shape index (κ2) is 3.90. The zero-order valence-electron chi connectivity index (χ0n) is 9.66. The zero-order chi connectivity index (χ0) is 11.7. The predicted octanol–water partition coefficient (Wildman–Crippen LogP) is 2.56. The fourth-order valence-corrected chi connectivity index (χ4v) is 2.19. The predicted molar refractivity (Wildman–Crippen MR) is 67.3 cm³/mol. The molecule has 86 valence electrons. The first-order valence-electron chi connectivity index (χ1n) is 6.00. The van der Waals surface area contributed by atoms with Crippen LogP contribution in [0.2, 0.25) is 0 Å². The number of nitriles is 1. The van der Waals surface area contributed by atoms with Crippen LogP contribution in [-0.4, -0.2) is 11.5 Å². The van der Waals surface area contributed by atoms with E-state index in [1.807, 2.05) is 12.3 Å². The highest BCUT2D eigenvalue weighted by Crippen LogP contribution is 2.44. The molecule has 1 aromatic carbocycles. The summed E-state index contributed by atoms with van der Waals surface area (Å²) in [7, 11) is 0. The molecular formula is C14H15N3. The number of nitrogens with zero attached hydrogens (tertiary/aromatic N) is 1. The number of hydrogen-bond donors (Lipinski definition) is 2. The number of hydrogen-bond acceptors (Lipinski definition) is 2. The van der Waals surface area contributed by atoms with Crippen molar-refractivity contribution in [2.75, 3.05) is 6.54 Å². The fraction of sp³-hybridized carbons (Fsp3) is 0.357. The van der Waals surface area contributed by atoms with Crippen LogP contribution in [0.25, 0.3) is 10.9 Å². The molecule has 1 saturated carbocycles. The molecule has 0 spiro atoms. The van der Waals surface area contributed by atoms with Gasteiger partial charge in [0, 0.05) is 30.2 Å². The second-order valence-electron chi connectivity index (χ2n) is 4.86. The first-order chi connectivity index (χ1) is 8.33. The number of rotatable bonds is 4. The van der Waals surface area contributed by atoms with Gasteiger partial charge in [-0.3, -0.25) is 0 Å². The van der Waals surface area contributed by atoms with Crippen molar-refractivity contribution in [1.82, 2.24) is 10.3 Å². The highest BCUT2D eigenvalue weighted by molar-refractivity contribution is 5.82. The first kappa shape index (κ1) is 10.4. The molecular weight excluding hydrogens is 210 g/mol. The number of fused-ring (bicyclic) bond motifs is 1. The van der Waals surface area contributed by atoms with E-state index < -0.39 is 0 Å². The summed E-state index contributed by atoms with van der Waals surface area (Å²) in [6.45, 7) is 1.64. The molecule has 0 atom stereocenters. The lowest BCUT2D eigenvalue weighted by atomic mass is 10.1. The third-order valence-electron chi connectivity index (χ3n) is 3.54. The molecule has 3 heteroatoms. The lowest BCUT2D eigenvalue weighted by Gasteiger charge is -2.07. The third kappa shape index (κ3) is 1.92. The van der Waals surface area contributed by atoms with Crippen LogP contribution in [0.4, 0.5) is 0 Å². The van der Waals surface area contributed by atoms with Crippen molar-refractivity contribution in [3.63, 3.8) is 0 Å². The molecule has 1 aromatic heterocycles. The molecule has 3 rings (SSSR count). The Morgan fingerprint density at radius 2 is 2.18 bits per heavy atom. The number of benzene rings is 1. The maximum atomic E-state index is 8.99. The highest BCUT2D eigenvalue weighted by atomic mass is 14.9. The van der Waals surface area contributed by atoms with Crippen LogP contribution in [0, 0.1) is 16.7 Å². The van der Waals surface area contributed by atoms with Crippen LogP contribution in [-0.2, 0) is 6.54 Å². The van der Waals surface area contributed by atoms with Crippen LogP contribution in [0.5, 0.6) is 0 Å². The van der Waals surface area contributed by atoms with E-state index in [0.717, 1.165) is 25.9 Å². The van der Waals surface area contributed by atoms with Crippen LogP contribution < -0.4 is 5.32 Å². The van der Waals surface area contributed by atoms with Gasteiger partial charge in [-0.25, -0.2) is 0 Å². The number of aromatic nitrogens is 1. The lowest BCUT2D eigenvalue weighted by molar-refractivity contribution is 0.559. The minimum atomic E-state index is -0.0634. The molecule has 0 aliphatic heterocycles. The summed E-state index contributed by atoms with van der Waals surface area (Å²) in [4.78, 5) is 3.26. The van der Waals surface area contributed by atoms with E-state index in [2.05, 4.69) is 34.6 Å². The van der Waals surface area contributed by atoms with Gasteiger partial charge in [-0.2, -0.15) is 5.26 Å². The first-order valence-corrected chi connectivity index (χ1v) is 6.00. The van der Waals surface area contributed by atoms with E-state index in [1.165, 1.54) is 16.5 Å². The molecule has 1 heterocycles. The standard InChI is InChI=1S/C14H15N3/c15-9-14(5-6-14)10-16-7-11-8-17-13-4-2-1-3-12(11)13/h1-4,8,16-17H,5-7,10H2. The van der Waals surface area contributed by atoms with Crippen LogP contribution in [0.3, 0.4) is 0 Å². The molecule has 0 radical (unpaired) electrons. The van der Waals surface area contributed by atoms with E-state index >= 15 is 0 Å². The molecule has 17 heavy (non-hydrogen) atoms. The smallest absolute Gasteiger partial charge is 0.0703 e. The summed E-state index contributed by atoms with van der Waals surface area (Å²) in [5.74, 6) is 0. The topological polar surface area (TPSA) is 51.6 Å². The van der Waals surface area contributed by atoms with Crippen molar-refractivity contribution >= 4 is 10.9 Å².